The molecule has 4 nitrogen and oxygen atoms in total. The quantitative estimate of drug-likeness (QED) is 0.659. The lowest BCUT2D eigenvalue weighted by atomic mass is 10.1. The topological polar surface area (TPSA) is 55.9 Å². The number of rotatable bonds is 5. The molecular formula is C11H15BrN4S. The Morgan fingerprint density at radius 2 is 2.47 bits per heavy atom. The van der Waals surface area contributed by atoms with E-state index in [9.17, 15) is 0 Å². The van der Waals surface area contributed by atoms with Gasteiger partial charge in [-0.1, -0.05) is 6.92 Å². The summed E-state index contributed by atoms with van der Waals surface area (Å²) in [5, 5.41) is 8.51. The highest BCUT2D eigenvalue weighted by Gasteiger charge is 2.20. The highest BCUT2D eigenvalue weighted by Crippen LogP contribution is 2.29. The number of aryl methyl sites for hydroxylation is 1. The summed E-state index contributed by atoms with van der Waals surface area (Å²) in [6.07, 6.45) is 2.86. The van der Waals surface area contributed by atoms with E-state index in [2.05, 4.69) is 44.8 Å². The highest BCUT2D eigenvalue weighted by molar-refractivity contribution is 9.10. The first-order chi connectivity index (χ1) is 8.27. The van der Waals surface area contributed by atoms with Crippen LogP contribution in [0.25, 0.3) is 0 Å². The third kappa shape index (κ3) is 2.60. The van der Waals surface area contributed by atoms with Gasteiger partial charge in [-0.2, -0.15) is 16.4 Å². The van der Waals surface area contributed by atoms with Gasteiger partial charge in [-0.05, 0) is 44.7 Å². The molecule has 0 aromatic carbocycles. The summed E-state index contributed by atoms with van der Waals surface area (Å²) in [5.41, 5.74) is 5.10. The second kappa shape index (κ2) is 5.77. The second-order valence-corrected chi connectivity index (χ2v) is 5.39. The minimum Gasteiger partial charge on any atom is -0.271 e. The summed E-state index contributed by atoms with van der Waals surface area (Å²) in [6.45, 7) is 3.03. The first-order valence-corrected chi connectivity index (χ1v) is 7.21. The fraction of sp³-hybridized carbons (Fsp3) is 0.364. The van der Waals surface area contributed by atoms with Crippen LogP contribution in [0.5, 0.6) is 0 Å². The Morgan fingerprint density at radius 3 is 3.06 bits per heavy atom. The molecule has 0 bridgehead atoms. The van der Waals surface area contributed by atoms with Crippen LogP contribution >= 0.6 is 27.3 Å². The van der Waals surface area contributed by atoms with Crippen LogP contribution in [0.3, 0.4) is 0 Å². The number of nitrogens with zero attached hydrogens (tertiary/aromatic N) is 2. The summed E-state index contributed by atoms with van der Waals surface area (Å²) in [4.78, 5) is 0. The van der Waals surface area contributed by atoms with Gasteiger partial charge in [-0.25, -0.2) is 5.43 Å². The molecule has 0 fully saturated rings. The monoisotopic (exact) mass is 314 g/mol. The van der Waals surface area contributed by atoms with Crippen LogP contribution in [0.2, 0.25) is 0 Å². The van der Waals surface area contributed by atoms with Crippen molar-refractivity contribution in [2.24, 2.45) is 5.84 Å². The zero-order chi connectivity index (χ0) is 12.3. The van der Waals surface area contributed by atoms with E-state index in [1.807, 2.05) is 16.3 Å². The standard InChI is InChI=1S/C11H15BrN4S/c1-2-4-16-11(9(12)6-14-16)10(15-13)8-3-5-17-7-8/h3,5-7,10,15H,2,4,13H2,1H3. The number of nitrogens with two attached hydrogens (primary N) is 1. The molecule has 2 aromatic rings. The highest BCUT2D eigenvalue weighted by atomic mass is 79.9. The van der Waals surface area contributed by atoms with Gasteiger partial charge < -0.3 is 0 Å². The Labute approximate surface area is 113 Å². The van der Waals surface area contributed by atoms with E-state index in [1.165, 1.54) is 0 Å². The van der Waals surface area contributed by atoms with Gasteiger partial charge in [0.2, 0.25) is 0 Å². The number of hydrogen-bond acceptors (Lipinski definition) is 4. The van der Waals surface area contributed by atoms with Crippen LogP contribution in [-0.4, -0.2) is 9.78 Å². The molecule has 92 valence electrons. The van der Waals surface area contributed by atoms with Crippen LogP contribution < -0.4 is 11.3 Å². The maximum atomic E-state index is 5.68. The smallest absolute Gasteiger partial charge is 0.0897 e. The van der Waals surface area contributed by atoms with Gasteiger partial charge in [0.25, 0.3) is 0 Å². The van der Waals surface area contributed by atoms with Crippen LogP contribution in [0, 0.1) is 0 Å². The molecule has 0 spiro atoms. The Hall–Kier alpha value is -0.690. The molecule has 2 aromatic heterocycles. The van der Waals surface area contributed by atoms with E-state index >= 15 is 0 Å². The summed E-state index contributed by atoms with van der Waals surface area (Å²) < 4.78 is 2.98. The van der Waals surface area contributed by atoms with Crippen molar-refractivity contribution in [1.29, 1.82) is 0 Å². The van der Waals surface area contributed by atoms with E-state index < -0.39 is 0 Å². The Kier molecular flexibility index (Phi) is 4.33. The third-order valence-corrected chi connectivity index (χ3v) is 3.90. The third-order valence-electron chi connectivity index (χ3n) is 2.59. The van der Waals surface area contributed by atoms with Crippen molar-refractivity contribution in [2.45, 2.75) is 25.9 Å². The molecule has 0 aliphatic rings. The Bertz CT molecular complexity index is 466. The first-order valence-electron chi connectivity index (χ1n) is 5.47. The fourth-order valence-electron chi connectivity index (χ4n) is 1.82. The van der Waals surface area contributed by atoms with Crippen molar-refractivity contribution in [1.82, 2.24) is 15.2 Å². The molecule has 1 atom stereocenters. The van der Waals surface area contributed by atoms with Gasteiger partial charge >= 0.3 is 0 Å². The number of hydrogen-bond donors (Lipinski definition) is 2. The van der Waals surface area contributed by atoms with E-state index in [1.54, 1.807) is 11.3 Å². The zero-order valence-electron chi connectivity index (χ0n) is 9.56. The molecule has 0 aliphatic carbocycles. The normalized spacial score (nSPS) is 12.9. The van der Waals surface area contributed by atoms with E-state index in [4.69, 9.17) is 5.84 Å². The van der Waals surface area contributed by atoms with Crippen LogP contribution in [0.4, 0.5) is 0 Å². The number of aromatic nitrogens is 2. The number of halogens is 1. The minimum atomic E-state index is -0.0234. The van der Waals surface area contributed by atoms with Crippen molar-refractivity contribution in [3.8, 4) is 0 Å². The lowest BCUT2D eigenvalue weighted by molar-refractivity contribution is 0.520. The molecule has 0 radical (unpaired) electrons. The summed E-state index contributed by atoms with van der Waals surface area (Å²) >= 11 is 5.20. The average molecular weight is 315 g/mol. The van der Waals surface area contributed by atoms with Gasteiger partial charge in [-0.3, -0.25) is 10.5 Å². The Morgan fingerprint density at radius 1 is 1.65 bits per heavy atom. The Balaban J connectivity index is 2.39. The molecule has 6 heteroatoms. The van der Waals surface area contributed by atoms with Gasteiger partial charge in [0.1, 0.15) is 0 Å². The van der Waals surface area contributed by atoms with Crippen molar-refractivity contribution in [2.75, 3.05) is 0 Å². The lowest BCUT2D eigenvalue weighted by Gasteiger charge is -2.17. The molecule has 0 amide bonds. The SMILES string of the molecule is CCCn1ncc(Br)c1C(NN)c1ccsc1. The molecule has 1 unspecified atom stereocenters. The van der Waals surface area contributed by atoms with Crippen LogP contribution in [-0.2, 0) is 6.54 Å². The van der Waals surface area contributed by atoms with E-state index in [-0.39, 0.29) is 6.04 Å². The molecule has 0 saturated carbocycles. The molecular weight excluding hydrogens is 300 g/mol. The van der Waals surface area contributed by atoms with Crippen molar-refractivity contribution in [3.05, 3.63) is 38.8 Å². The molecule has 17 heavy (non-hydrogen) atoms. The molecule has 2 heterocycles. The maximum absolute atomic E-state index is 5.68. The molecule has 0 aliphatic heterocycles. The fourth-order valence-corrected chi connectivity index (χ4v) is 3.03. The number of nitrogens with one attached hydrogen (secondary N) is 1. The zero-order valence-corrected chi connectivity index (χ0v) is 12.0. The molecule has 3 N–H and O–H groups in total. The summed E-state index contributed by atoms with van der Waals surface area (Å²) in [7, 11) is 0. The maximum Gasteiger partial charge on any atom is 0.0897 e. The van der Waals surface area contributed by atoms with Crippen molar-refractivity contribution in [3.63, 3.8) is 0 Å². The lowest BCUT2D eigenvalue weighted by Crippen LogP contribution is -2.30. The van der Waals surface area contributed by atoms with Gasteiger partial charge in [0.15, 0.2) is 0 Å². The first kappa shape index (κ1) is 12.8. The number of hydrazine groups is 1. The summed E-state index contributed by atoms with van der Waals surface area (Å²) in [5.74, 6) is 5.68. The predicted octanol–water partition coefficient (Wildman–Crippen LogP) is 2.67. The second-order valence-electron chi connectivity index (χ2n) is 3.76. The summed E-state index contributed by atoms with van der Waals surface area (Å²) in [6, 6.07) is 2.05. The van der Waals surface area contributed by atoms with E-state index in [0.717, 1.165) is 28.7 Å². The minimum absolute atomic E-state index is 0.0234. The molecule has 2 rings (SSSR count). The van der Waals surface area contributed by atoms with Crippen LogP contribution in [0.1, 0.15) is 30.6 Å². The van der Waals surface area contributed by atoms with Gasteiger partial charge in [-0.15, -0.1) is 0 Å². The number of thiophene rings is 1. The largest absolute Gasteiger partial charge is 0.271 e. The average Bonchev–Trinajstić information content (AvgIpc) is 2.94. The van der Waals surface area contributed by atoms with Gasteiger partial charge in [0.05, 0.1) is 22.4 Å². The molecule has 0 saturated heterocycles. The predicted molar refractivity (Wildman–Crippen MR) is 73.7 cm³/mol. The van der Waals surface area contributed by atoms with Gasteiger partial charge in [0, 0.05) is 6.54 Å². The van der Waals surface area contributed by atoms with Crippen molar-refractivity contribution < 1.29 is 0 Å². The van der Waals surface area contributed by atoms with E-state index in [0.29, 0.717) is 0 Å². The van der Waals surface area contributed by atoms with Crippen LogP contribution in [0.15, 0.2) is 27.5 Å². The van der Waals surface area contributed by atoms with Crippen molar-refractivity contribution >= 4 is 27.3 Å².